The van der Waals surface area contributed by atoms with Crippen LogP contribution < -0.4 is 4.72 Å². The Balaban J connectivity index is 1.97. The van der Waals surface area contributed by atoms with E-state index < -0.39 is 10.4 Å². The van der Waals surface area contributed by atoms with Crippen LogP contribution in [0, 0.1) is 6.92 Å². The molecule has 0 heterocycles. The van der Waals surface area contributed by atoms with Gasteiger partial charge in [0.15, 0.2) is 15.3 Å². The van der Waals surface area contributed by atoms with Crippen LogP contribution in [-0.2, 0) is 32.2 Å². The highest BCUT2D eigenvalue weighted by Gasteiger charge is 2.28. The fraction of sp³-hybridized carbons (Fsp3) is 0.235. The fourth-order valence-electron chi connectivity index (χ4n) is 2.68. The number of halogens is 2. The van der Waals surface area contributed by atoms with Gasteiger partial charge >= 0.3 is 0 Å². The van der Waals surface area contributed by atoms with Crippen LogP contribution in [0.3, 0.4) is 0 Å². The van der Waals surface area contributed by atoms with E-state index in [1.165, 1.54) is 6.07 Å². The third-order valence-corrected chi connectivity index (χ3v) is 6.28. The van der Waals surface area contributed by atoms with E-state index in [-0.39, 0.29) is 22.1 Å². The van der Waals surface area contributed by atoms with Gasteiger partial charge in [-0.15, -0.1) is 0 Å². The summed E-state index contributed by atoms with van der Waals surface area (Å²) in [6.45, 7) is 1.83. The first-order chi connectivity index (χ1) is 11.3. The molecular formula is C17H15Cl2NO3S. The van der Waals surface area contributed by atoms with Gasteiger partial charge in [0.25, 0.3) is 0 Å². The number of nitrogens with one attached hydrogen (secondary N) is 1. The Morgan fingerprint density at radius 3 is 2.54 bits per heavy atom. The predicted molar refractivity (Wildman–Crippen MR) is 95.4 cm³/mol. The van der Waals surface area contributed by atoms with Crippen LogP contribution in [0.25, 0.3) is 0 Å². The van der Waals surface area contributed by atoms with Gasteiger partial charge < -0.3 is 4.55 Å². The average molecular weight is 384 g/mol. The molecule has 0 saturated carbocycles. The summed E-state index contributed by atoms with van der Waals surface area (Å²) in [5, 5.41) is 0.617. The Kier molecular flexibility index (Phi) is 4.71. The molecule has 2 aromatic rings. The minimum Gasteiger partial charge on any atom is -0.588 e. The lowest BCUT2D eigenvalue weighted by Crippen LogP contribution is -2.23. The van der Waals surface area contributed by atoms with Gasteiger partial charge in [-0.1, -0.05) is 33.5 Å². The molecule has 24 heavy (non-hydrogen) atoms. The summed E-state index contributed by atoms with van der Waals surface area (Å²) in [7, 11) is -3.88. The Morgan fingerprint density at radius 2 is 1.83 bits per heavy atom. The molecule has 1 aliphatic rings. The molecule has 1 aliphatic carbocycles. The molecule has 0 radical (unpaired) electrons. The van der Waals surface area contributed by atoms with E-state index in [0.29, 0.717) is 23.6 Å². The number of hydrogen-bond acceptors (Lipinski definition) is 3. The van der Waals surface area contributed by atoms with Gasteiger partial charge in [-0.05, 0) is 48.2 Å². The number of anilines is 1. The number of carbonyl (C=O) groups excluding carboxylic acids is 1. The highest BCUT2D eigenvalue weighted by Crippen LogP contribution is 2.33. The molecule has 1 unspecified atom stereocenters. The quantitative estimate of drug-likeness (QED) is 0.799. The first-order valence-corrected chi connectivity index (χ1v) is 9.62. The topological polar surface area (TPSA) is 69.2 Å². The molecule has 0 aliphatic heterocycles. The number of ketones is 1. The van der Waals surface area contributed by atoms with Crippen LogP contribution in [0.1, 0.15) is 23.1 Å². The number of carbonyl (C=O) groups is 1. The number of hydrogen-bond donors (Lipinski definition) is 1. The van der Waals surface area contributed by atoms with E-state index in [2.05, 4.69) is 4.72 Å². The zero-order chi connectivity index (χ0) is 17.5. The van der Waals surface area contributed by atoms with Crippen molar-refractivity contribution in [3.05, 3.63) is 57.1 Å². The van der Waals surface area contributed by atoms with Crippen LogP contribution in [0.5, 0.6) is 0 Å². The summed E-state index contributed by atoms with van der Waals surface area (Å²) >= 11 is 12.2. The van der Waals surface area contributed by atoms with Crippen molar-refractivity contribution < 1.29 is 13.6 Å². The van der Waals surface area contributed by atoms with E-state index in [4.69, 9.17) is 23.2 Å². The van der Waals surface area contributed by atoms with Gasteiger partial charge in [0.1, 0.15) is 5.78 Å². The lowest BCUT2D eigenvalue weighted by molar-refractivity contribution is -0.118. The van der Waals surface area contributed by atoms with Gasteiger partial charge in [-0.3, -0.25) is 4.79 Å². The predicted octanol–water partition coefficient (Wildman–Crippen LogP) is 4.38. The van der Waals surface area contributed by atoms with Gasteiger partial charge in [-0.25, -0.2) is 4.72 Å². The van der Waals surface area contributed by atoms with Gasteiger partial charge in [-0.2, -0.15) is 0 Å². The second-order valence-electron chi connectivity index (χ2n) is 5.84. The van der Waals surface area contributed by atoms with Gasteiger partial charge in [0.2, 0.25) is 0 Å². The van der Waals surface area contributed by atoms with E-state index in [1.54, 1.807) is 24.3 Å². The number of Topliss-reactive ketones (excluding diaryl/α,β-unsaturated/α-hetero) is 1. The summed E-state index contributed by atoms with van der Waals surface area (Å²) in [4.78, 5) is 11.6. The Hall–Kier alpha value is -1.40. The summed E-state index contributed by atoms with van der Waals surface area (Å²) in [5.41, 5.74) is 2.86. The summed E-state index contributed by atoms with van der Waals surface area (Å²) in [6.07, 6.45) is 1.30. The highest BCUT2D eigenvalue weighted by molar-refractivity contribution is 7.99. The van der Waals surface area contributed by atoms with Gasteiger partial charge in [0, 0.05) is 23.9 Å². The van der Waals surface area contributed by atoms with Crippen molar-refractivity contribution in [1.29, 1.82) is 0 Å². The van der Waals surface area contributed by atoms with Crippen molar-refractivity contribution in [2.45, 2.75) is 31.1 Å². The minimum absolute atomic E-state index is 0.0330. The number of rotatable bonds is 3. The van der Waals surface area contributed by atoms with Crippen molar-refractivity contribution in [3.8, 4) is 0 Å². The number of aryl methyl sites for hydroxylation is 2. The molecule has 0 bridgehead atoms. The lowest BCUT2D eigenvalue weighted by Gasteiger charge is -2.21. The SMILES string of the molecule is Cc1ccc(N[S+](=O)([O-])c2cc3c(cc2Cl)CCC(=O)C3)cc1Cl. The molecule has 0 amide bonds. The Labute approximate surface area is 151 Å². The first kappa shape index (κ1) is 17.4. The molecular weight excluding hydrogens is 369 g/mol. The van der Waals surface area contributed by atoms with Crippen LogP contribution in [0.15, 0.2) is 35.2 Å². The Bertz CT molecular complexity index is 882. The third-order valence-electron chi connectivity index (χ3n) is 4.03. The molecule has 0 spiro atoms. The van der Waals surface area contributed by atoms with E-state index in [1.807, 2.05) is 6.92 Å². The van der Waals surface area contributed by atoms with Crippen LogP contribution in [0.4, 0.5) is 5.69 Å². The maximum Gasteiger partial charge on any atom is 0.199 e. The molecule has 0 saturated heterocycles. The molecule has 1 N–H and O–H groups in total. The van der Waals surface area contributed by atoms with Crippen molar-refractivity contribution in [1.82, 2.24) is 0 Å². The Morgan fingerprint density at radius 1 is 1.08 bits per heavy atom. The summed E-state index contributed by atoms with van der Waals surface area (Å²) in [5.74, 6) is 0.103. The molecule has 7 heteroatoms. The smallest absolute Gasteiger partial charge is 0.199 e. The second-order valence-corrected chi connectivity index (χ2v) is 8.30. The summed E-state index contributed by atoms with van der Waals surface area (Å²) in [6, 6.07) is 8.04. The minimum atomic E-state index is -3.88. The lowest BCUT2D eigenvalue weighted by atomic mass is 9.91. The number of benzene rings is 2. The maximum atomic E-state index is 12.7. The molecule has 4 nitrogen and oxygen atoms in total. The molecule has 0 aromatic heterocycles. The second kappa shape index (κ2) is 6.48. The van der Waals surface area contributed by atoms with Gasteiger partial charge in [0.05, 0.1) is 10.7 Å². The first-order valence-electron chi connectivity index (χ1n) is 7.38. The summed E-state index contributed by atoms with van der Waals surface area (Å²) < 4.78 is 27.8. The molecule has 3 rings (SSSR count). The van der Waals surface area contributed by atoms with Crippen LogP contribution in [0.2, 0.25) is 10.0 Å². The zero-order valence-corrected chi connectivity index (χ0v) is 15.2. The van der Waals surface area contributed by atoms with Crippen molar-refractivity contribution >= 4 is 45.1 Å². The highest BCUT2D eigenvalue weighted by atomic mass is 35.5. The molecule has 126 valence electrons. The zero-order valence-electron chi connectivity index (χ0n) is 12.9. The maximum absolute atomic E-state index is 12.7. The van der Waals surface area contributed by atoms with E-state index in [9.17, 15) is 13.6 Å². The van der Waals surface area contributed by atoms with E-state index in [0.717, 1.165) is 16.7 Å². The average Bonchev–Trinajstić information content (AvgIpc) is 2.50. The molecule has 2 aromatic carbocycles. The van der Waals surface area contributed by atoms with Crippen molar-refractivity contribution in [3.63, 3.8) is 0 Å². The van der Waals surface area contributed by atoms with Crippen molar-refractivity contribution in [2.24, 2.45) is 0 Å². The fourth-order valence-corrected chi connectivity index (χ4v) is 4.51. The van der Waals surface area contributed by atoms with Crippen LogP contribution >= 0.6 is 23.2 Å². The van der Waals surface area contributed by atoms with E-state index >= 15 is 0 Å². The molecule has 1 atom stereocenters. The van der Waals surface area contributed by atoms with Crippen molar-refractivity contribution in [2.75, 3.05) is 4.72 Å². The standard InChI is InChI=1S/C17H15Cl2NO3S/c1-10-2-4-13(9-15(10)18)20-24(22,23)17-8-12-6-14(21)5-3-11(12)7-16(17)19/h2,4,7-9H,3,5-6H2,1H3,(H-,20,22,23). The third kappa shape index (κ3) is 3.49. The van der Waals surface area contributed by atoms with Crippen LogP contribution in [-0.4, -0.2) is 10.3 Å². The monoisotopic (exact) mass is 383 g/mol. The number of sulfonamides is 1. The number of fused-ring (bicyclic) bond motifs is 1. The largest absolute Gasteiger partial charge is 0.588 e. The normalized spacial score (nSPS) is 16.4. The molecule has 0 fully saturated rings.